The number of nitrogens with one attached hydrogen (secondary N) is 1. The molecule has 0 saturated heterocycles. The van der Waals surface area contributed by atoms with E-state index in [9.17, 15) is 18.4 Å². The Morgan fingerprint density at radius 3 is 2.34 bits per heavy atom. The molecule has 0 saturated carbocycles. The molecule has 0 fully saturated rings. The maximum Gasteiger partial charge on any atom is 0.251 e. The Hall–Kier alpha value is -3.87. The molecule has 0 bridgehead atoms. The SMILES string of the molecule is NC(=O)/C=C/c1ccncc1.O=C(NCc1cc(F)ccc1F)c1ccccc1. The third-order valence-electron chi connectivity index (χ3n) is 3.63. The predicted molar refractivity (Wildman–Crippen MR) is 106 cm³/mol. The zero-order valence-electron chi connectivity index (χ0n) is 15.4. The minimum atomic E-state index is -0.537. The van der Waals surface area contributed by atoms with Crippen molar-refractivity contribution in [3.8, 4) is 0 Å². The van der Waals surface area contributed by atoms with Gasteiger partial charge in [-0.1, -0.05) is 18.2 Å². The molecule has 5 nitrogen and oxygen atoms in total. The zero-order valence-corrected chi connectivity index (χ0v) is 15.4. The van der Waals surface area contributed by atoms with E-state index in [1.54, 1.807) is 60.9 Å². The Labute approximate surface area is 166 Å². The number of carbonyl (C=O) groups is 2. The Balaban J connectivity index is 0.000000234. The number of nitrogens with zero attached hydrogens (tertiary/aromatic N) is 1. The minimum Gasteiger partial charge on any atom is -0.366 e. The van der Waals surface area contributed by atoms with E-state index in [0.29, 0.717) is 5.56 Å². The first kappa shape index (κ1) is 21.4. The second kappa shape index (κ2) is 11.1. The Bertz CT molecular complexity index is 978. The molecule has 1 aromatic heterocycles. The fourth-order valence-corrected chi connectivity index (χ4v) is 2.20. The molecule has 29 heavy (non-hydrogen) atoms. The third kappa shape index (κ3) is 7.72. The molecule has 1 heterocycles. The van der Waals surface area contributed by atoms with E-state index in [0.717, 1.165) is 23.8 Å². The van der Waals surface area contributed by atoms with Crippen LogP contribution in [0.15, 0.2) is 79.1 Å². The van der Waals surface area contributed by atoms with Gasteiger partial charge in [0.2, 0.25) is 5.91 Å². The number of aromatic nitrogens is 1. The maximum absolute atomic E-state index is 13.3. The van der Waals surface area contributed by atoms with Crippen molar-refractivity contribution in [1.29, 1.82) is 0 Å². The molecule has 0 aliphatic carbocycles. The summed E-state index contributed by atoms with van der Waals surface area (Å²) in [5.41, 5.74) is 6.42. The van der Waals surface area contributed by atoms with Crippen molar-refractivity contribution in [2.75, 3.05) is 0 Å². The third-order valence-corrected chi connectivity index (χ3v) is 3.63. The average molecular weight is 395 g/mol. The predicted octanol–water partition coefficient (Wildman–Crippen LogP) is 3.47. The zero-order chi connectivity index (χ0) is 21.1. The number of primary amides is 1. The van der Waals surface area contributed by atoms with Gasteiger partial charge < -0.3 is 11.1 Å². The lowest BCUT2D eigenvalue weighted by Gasteiger charge is -2.06. The van der Waals surface area contributed by atoms with E-state index in [1.165, 1.54) is 6.08 Å². The van der Waals surface area contributed by atoms with E-state index < -0.39 is 17.5 Å². The van der Waals surface area contributed by atoms with Crippen molar-refractivity contribution in [2.45, 2.75) is 6.54 Å². The van der Waals surface area contributed by atoms with Gasteiger partial charge in [-0.05, 0) is 54.1 Å². The fraction of sp³-hybridized carbons (Fsp3) is 0.0455. The standard InChI is InChI=1S/C14H11F2NO.C8H8N2O/c15-12-6-7-13(16)11(8-12)9-17-14(18)10-4-2-1-3-5-10;9-8(11)2-1-7-3-5-10-6-4-7/h1-8H,9H2,(H,17,18);1-6H,(H2,9,11)/b;2-1+. The highest BCUT2D eigenvalue weighted by Crippen LogP contribution is 2.09. The van der Waals surface area contributed by atoms with Crippen LogP contribution in [0.2, 0.25) is 0 Å². The Kier molecular flexibility index (Phi) is 8.19. The van der Waals surface area contributed by atoms with Crippen LogP contribution in [0.1, 0.15) is 21.5 Å². The molecule has 2 amide bonds. The van der Waals surface area contributed by atoms with Crippen molar-refractivity contribution in [3.05, 3.63) is 107 Å². The van der Waals surface area contributed by atoms with Gasteiger partial charge in [-0.15, -0.1) is 0 Å². The molecule has 0 unspecified atom stereocenters. The molecule has 2 aromatic carbocycles. The minimum absolute atomic E-state index is 0.0443. The van der Waals surface area contributed by atoms with Gasteiger partial charge in [-0.3, -0.25) is 14.6 Å². The molecule has 3 N–H and O–H groups in total. The molecule has 0 radical (unpaired) electrons. The number of rotatable bonds is 5. The molecular formula is C22H19F2N3O2. The first-order chi connectivity index (χ1) is 14.0. The van der Waals surface area contributed by atoms with Crippen LogP contribution in [0.25, 0.3) is 6.08 Å². The number of benzene rings is 2. The fourth-order valence-electron chi connectivity index (χ4n) is 2.20. The summed E-state index contributed by atoms with van der Waals surface area (Å²) >= 11 is 0. The van der Waals surface area contributed by atoms with Crippen molar-refractivity contribution in [3.63, 3.8) is 0 Å². The van der Waals surface area contributed by atoms with E-state index in [-0.39, 0.29) is 18.0 Å². The van der Waals surface area contributed by atoms with Gasteiger partial charge in [0.1, 0.15) is 11.6 Å². The normalized spacial score (nSPS) is 10.1. The molecule has 7 heteroatoms. The number of hydrogen-bond acceptors (Lipinski definition) is 3. The van der Waals surface area contributed by atoms with Gasteiger partial charge in [0.15, 0.2) is 0 Å². The number of nitrogens with two attached hydrogens (primary N) is 1. The molecule has 3 aromatic rings. The summed E-state index contributed by atoms with van der Waals surface area (Å²) < 4.78 is 26.2. The van der Waals surface area contributed by atoms with Crippen LogP contribution in [-0.4, -0.2) is 16.8 Å². The van der Waals surface area contributed by atoms with Crippen LogP contribution in [0.5, 0.6) is 0 Å². The molecule has 0 spiro atoms. The maximum atomic E-state index is 13.3. The number of carbonyl (C=O) groups excluding carboxylic acids is 2. The second-order valence-corrected chi connectivity index (χ2v) is 5.80. The van der Waals surface area contributed by atoms with Crippen LogP contribution in [0, 0.1) is 11.6 Å². The van der Waals surface area contributed by atoms with Crippen LogP contribution in [-0.2, 0) is 11.3 Å². The number of amides is 2. The monoisotopic (exact) mass is 395 g/mol. The van der Waals surface area contributed by atoms with Gasteiger partial charge >= 0.3 is 0 Å². The molecule has 0 atom stereocenters. The van der Waals surface area contributed by atoms with E-state index in [2.05, 4.69) is 10.3 Å². The molecule has 0 aliphatic heterocycles. The van der Waals surface area contributed by atoms with E-state index >= 15 is 0 Å². The lowest BCUT2D eigenvalue weighted by atomic mass is 10.2. The molecule has 3 rings (SSSR count). The summed E-state index contributed by atoms with van der Waals surface area (Å²) in [5, 5.41) is 2.54. The van der Waals surface area contributed by atoms with Crippen molar-refractivity contribution < 1.29 is 18.4 Å². The second-order valence-electron chi connectivity index (χ2n) is 5.80. The summed E-state index contributed by atoms with van der Waals surface area (Å²) in [6.07, 6.45) is 6.26. The summed E-state index contributed by atoms with van der Waals surface area (Å²) in [6, 6.07) is 15.3. The highest BCUT2D eigenvalue weighted by Gasteiger charge is 2.07. The number of hydrogen-bond donors (Lipinski definition) is 2. The lowest BCUT2D eigenvalue weighted by Crippen LogP contribution is -2.23. The summed E-state index contributed by atoms with van der Waals surface area (Å²) in [6.45, 7) is -0.0443. The van der Waals surface area contributed by atoms with Crippen molar-refractivity contribution in [2.24, 2.45) is 5.73 Å². The van der Waals surface area contributed by atoms with Crippen LogP contribution >= 0.6 is 0 Å². The first-order valence-electron chi connectivity index (χ1n) is 8.60. The van der Waals surface area contributed by atoms with E-state index in [1.807, 2.05) is 0 Å². The Morgan fingerprint density at radius 1 is 1.00 bits per heavy atom. The van der Waals surface area contributed by atoms with E-state index in [4.69, 9.17) is 5.73 Å². The van der Waals surface area contributed by atoms with Gasteiger partial charge in [0, 0.05) is 36.1 Å². The molecule has 0 aliphatic rings. The van der Waals surface area contributed by atoms with Crippen LogP contribution in [0.3, 0.4) is 0 Å². The highest BCUT2D eigenvalue weighted by molar-refractivity contribution is 5.94. The lowest BCUT2D eigenvalue weighted by molar-refractivity contribution is -0.113. The molecular weight excluding hydrogens is 376 g/mol. The average Bonchev–Trinajstić information content (AvgIpc) is 2.74. The van der Waals surface area contributed by atoms with Crippen LogP contribution in [0.4, 0.5) is 8.78 Å². The van der Waals surface area contributed by atoms with Gasteiger partial charge in [-0.2, -0.15) is 0 Å². The number of halogens is 2. The molecule has 148 valence electrons. The van der Waals surface area contributed by atoms with Crippen LogP contribution < -0.4 is 11.1 Å². The number of pyridine rings is 1. The summed E-state index contributed by atoms with van der Waals surface area (Å²) in [7, 11) is 0. The van der Waals surface area contributed by atoms with Gasteiger partial charge in [0.05, 0.1) is 0 Å². The summed E-state index contributed by atoms with van der Waals surface area (Å²) in [5.74, 6) is -1.83. The quantitative estimate of drug-likeness (QED) is 0.649. The smallest absolute Gasteiger partial charge is 0.251 e. The topological polar surface area (TPSA) is 85.1 Å². The van der Waals surface area contributed by atoms with Crippen molar-refractivity contribution in [1.82, 2.24) is 10.3 Å². The summed E-state index contributed by atoms with van der Waals surface area (Å²) in [4.78, 5) is 25.8. The van der Waals surface area contributed by atoms with Gasteiger partial charge in [0.25, 0.3) is 5.91 Å². The van der Waals surface area contributed by atoms with Gasteiger partial charge in [-0.25, -0.2) is 8.78 Å². The first-order valence-corrected chi connectivity index (χ1v) is 8.60. The Morgan fingerprint density at radius 2 is 1.69 bits per heavy atom. The highest BCUT2D eigenvalue weighted by atomic mass is 19.1. The van der Waals surface area contributed by atoms with Crippen molar-refractivity contribution >= 4 is 17.9 Å². The largest absolute Gasteiger partial charge is 0.366 e.